The number of nitrogens with zero attached hydrogens (tertiary/aromatic N) is 1. The van der Waals surface area contributed by atoms with Gasteiger partial charge in [-0.25, -0.2) is 5.43 Å². The quantitative estimate of drug-likeness (QED) is 0.216. The van der Waals surface area contributed by atoms with Crippen LogP contribution in [-0.4, -0.2) is 31.9 Å². The maximum atomic E-state index is 12.6. The second-order valence-corrected chi connectivity index (χ2v) is 8.09. The van der Waals surface area contributed by atoms with Crippen LogP contribution in [0.1, 0.15) is 48.7 Å². The molecular weight excluding hydrogens is 480 g/mol. The predicted octanol–water partition coefficient (Wildman–Crippen LogP) is 6.27. The fourth-order valence-corrected chi connectivity index (χ4v) is 3.55. The van der Waals surface area contributed by atoms with E-state index in [1.54, 1.807) is 30.3 Å². The molecule has 190 valence electrons. The van der Waals surface area contributed by atoms with Crippen LogP contribution in [0.3, 0.4) is 0 Å². The third-order valence-electron chi connectivity index (χ3n) is 4.90. The Morgan fingerprint density at radius 3 is 2.36 bits per heavy atom. The summed E-state index contributed by atoms with van der Waals surface area (Å²) in [4.78, 5) is 12.6. The summed E-state index contributed by atoms with van der Waals surface area (Å²) in [6, 6.07) is 18.3. The van der Waals surface area contributed by atoms with Crippen molar-refractivity contribution in [1.29, 1.82) is 0 Å². The summed E-state index contributed by atoms with van der Waals surface area (Å²) >= 11 is 6.49. The number of rotatable bonds is 13. The standard InChI is InChI=1S/C28H31ClN2O5/c1-4-14-35-24-13-12-22(17-25(24)33-5-2)28(32)31-30-18-21-15-23(29)27(26(16-21)34-6-3)36-19-20-10-8-7-9-11-20/h7-13,15-18H,4-6,14,19H2,1-3H3,(H,31,32)/b30-18+. The first-order valence-electron chi connectivity index (χ1n) is 11.9. The smallest absolute Gasteiger partial charge is 0.271 e. The minimum absolute atomic E-state index is 0.357. The van der Waals surface area contributed by atoms with E-state index in [-0.39, 0.29) is 5.91 Å². The van der Waals surface area contributed by atoms with Crippen molar-refractivity contribution in [1.82, 2.24) is 5.43 Å². The van der Waals surface area contributed by atoms with E-state index >= 15 is 0 Å². The van der Waals surface area contributed by atoms with Gasteiger partial charge >= 0.3 is 0 Å². The highest BCUT2D eigenvalue weighted by Crippen LogP contribution is 2.37. The fraction of sp³-hybridized carbons (Fsp3) is 0.286. The molecule has 0 radical (unpaired) electrons. The summed E-state index contributed by atoms with van der Waals surface area (Å²) < 4.78 is 23.0. The third kappa shape index (κ3) is 7.65. The average Bonchev–Trinajstić information content (AvgIpc) is 2.88. The Balaban J connectivity index is 1.70. The molecule has 0 fully saturated rings. The molecule has 0 atom stereocenters. The van der Waals surface area contributed by atoms with E-state index in [1.165, 1.54) is 6.21 Å². The summed E-state index contributed by atoms with van der Waals surface area (Å²) in [6.07, 6.45) is 2.37. The van der Waals surface area contributed by atoms with E-state index in [1.807, 2.05) is 51.1 Å². The van der Waals surface area contributed by atoms with Gasteiger partial charge in [0.05, 0.1) is 31.1 Å². The summed E-state index contributed by atoms with van der Waals surface area (Å²) in [5.41, 5.74) is 4.59. The zero-order valence-corrected chi connectivity index (χ0v) is 21.5. The van der Waals surface area contributed by atoms with E-state index in [2.05, 4.69) is 10.5 Å². The molecule has 0 aliphatic heterocycles. The van der Waals surface area contributed by atoms with Crippen LogP contribution in [0, 0.1) is 0 Å². The van der Waals surface area contributed by atoms with E-state index in [0.717, 1.165) is 12.0 Å². The largest absolute Gasteiger partial charge is 0.490 e. The monoisotopic (exact) mass is 510 g/mol. The van der Waals surface area contributed by atoms with E-state index in [4.69, 9.17) is 30.5 Å². The van der Waals surface area contributed by atoms with Gasteiger partial charge in [0.15, 0.2) is 23.0 Å². The zero-order chi connectivity index (χ0) is 25.8. The van der Waals surface area contributed by atoms with Crippen LogP contribution in [0.15, 0.2) is 65.8 Å². The second-order valence-electron chi connectivity index (χ2n) is 7.68. The van der Waals surface area contributed by atoms with Crippen LogP contribution in [0.2, 0.25) is 5.02 Å². The second kappa shape index (κ2) is 14.0. The molecule has 0 spiro atoms. The first kappa shape index (κ1) is 26.9. The maximum Gasteiger partial charge on any atom is 0.271 e. The van der Waals surface area contributed by atoms with Crippen molar-refractivity contribution >= 4 is 23.7 Å². The first-order valence-corrected chi connectivity index (χ1v) is 12.3. The lowest BCUT2D eigenvalue weighted by Crippen LogP contribution is -2.17. The predicted molar refractivity (Wildman–Crippen MR) is 142 cm³/mol. The summed E-state index contributed by atoms with van der Waals surface area (Å²) in [5.74, 6) is 1.69. The molecule has 1 amide bonds. The van der Waals surface area contributed by atoms with Gasteiger partial charge in [0.2, 0.25) is 0 Å². The molecule has 3 aromatic carbocycles. The van der Waals surface area contributed by atoms with Gasteiger partial charge in [-0.05, 0) is 61.7 Å². The zero-order valence-electron chi connectivity index (χ0n) is 20.8. The molecule has 0 aliphatic rings. The lowest BCUT2D eigenvalue weighted by Gasteiger charge is -2.14. The van der Waals surface area contributed by atoms with Crippen molar-refractivity contribution in [2.45, 2.75) is 33.8 Å². The molecule has 0 bridgehead atoms. The molecule has 0 unspecified atom stereocenters. The molecular formula is C28H31ClN2O5. The van der Waals surface area contributed by atoms with Crippen LogP contribution < -0.4 is 24.4 Å². The van der Waals surface area contributed by atoms with Gasteiger partial charge in [0.25, 0.3) is 5.91 Å². The van der Waals surface area contributed by atoms with Crippen molar-refractivity contribution in [3.8, 4) is 23.0 Å². The van der Waals surface area contributed by atoms with Gasteiger partial charge in [-0.3, -0.25) is 4.79 Å². The Bertz CT molecular complexity index is 1170. The molecule has 36 heavy (non-hydrogen) atoms. The minimum Gasteiger partial charge on any atom is -0.490 e. The maximum absolute atomic E-state index is 12.6. The Morgan fingerprint density at radius 1 is 0.889 bits per heavy atom. The van der Waals surface area contributed by atoms with Gasteiger partial charge in [0.1, 0.15) is 6.61 Å². The van der Waals surface area contributed by atoms with Crippen molar-refractivity contribution in [2.75, 3.05) is 19.8 Å². The van der Waals surface area contributed by atoms with Crippen LogP contribution >= 0.6 is 11.6 Å². The molecule has 8 heteroatoms. The topological polar surface area (TPSA) is 78.4 Å². The van der Waals surface area contributed by atoms with Crippen molar-refractivity contribution in [3.63, 3.8) is 0 Å². The number of hydrazone groups is 1. The SMILES string of the molecule is CCCOc1ccc(C(=O)N/N=C/c2cc(Cl)c(OCc3ccccc3)c(OCC)c2)cc1OCC. The number of carbonyl (C=O) groups excluding carboxylic acids is 1. The van der Waals surface area contributed by atoms with Crippen molar-refractivity contribution < 1.29 is 23.7 Å². The van der Waals surface area contributed by atoms with Gasteiger partial charge in [-0.15, -0.1) is 0 Å². The molecule has 3 aromatic rings. The van der Waals surface area contributed by atoms with Gasteiger partial charge < -0.3 is 18.9 Å². The number of benzene rings is 3. The van der Waals surface area contributed by atoms with Crippen LogP contribution in [0.4, 0.5) is 0 Å². The third-order valence-corrected chi connectivity index (χ3v) is 5.19. The number of amides is 1. The number of hydrogen-bond acceptors (Lipinski definition) is 6. The minimum atomic E-state index is -0.381. The highest BCUT2D eigenvalue weighted by atomic mass is 35.5. The summed E-state index contributed by atoms with van der Waals surface area (Å²) in [6.45, 7) is 7.60. The van der Waals surface area contributed by atoms with Gasteiger partial charge in [-0.1, -0.05) is 48.9 Å². The molecule has 7 nitrogen and oxygen atoms in total. The number of nitrogens with one attached hydrogen (secondary N) is 1. The van der Waals surface area contributed by atoms with E-state index in [0.29, 0.717) is 65.6 Å². The average molecular weight is 511 g/mol. The fourth-order valence-electron chi connectivity index (χ4n) is 3.27. The normalized spacial score (nSPS) is 10.8. The first-order chi connectivity index (χ1) is 17.5. The Hall–Kier alpha value is -3.71. The molecule has 0 aliphatic carbocycles. The molecule has 0 aromatic heterocycles. The summed E-state index contributed by atoms with van der Waals surface area (Å²) in [5, 5.41) is 4.46. The highest BCUT2D eigenvalue weighted by Gasteiger charge is 2.14. The lowest BCUT2D eigenvalue weighted by molar-refractivity contribution is 0.0954. The molecule has 0 saturated heterocycles. The number of carbonyl (C=O) groups is 1. The lowest BCUT2D eigenvalue weighted by atomic mass is 10.2. The molecule has 1 N–H and O–H groups in total. The van der Waals surface area contributed by atoms with E-state index in [9.17, 15) is 4.79 Å². The van der Waals surface area contributed by atoms with Gasteiger partial charge in [0, 0.05) is 5.56 Å². The van der Waals surface area contributed by atoms with Crippen LogP contribution in [0.25, 0.3) is 0 Å². The molecule has 3 rings (SSSR count). The van der Waals surface area contributed by atoms with Crippen LogP contribution in [0.5, 0.6) is 23.0 Å². The van der Waals surface area contributed by atoms with E-state index < -0.39 is 0 Å². The molecule has 0 saturated carbocycles. The van der Waals surface area contributed by atoms with Crippen molar-refractivity contribution in [3.05, 3.63) is 82.4 Å². The van der Waals surface area contributed by atoms with Crippen molar-refractivity contribution in [2.24, 2.45) is 5.10 Å². The highest BCUT2D eigenvalue weighted by molar-refractivity contribution is 6.32. The number of halogens is 1. The number of ether oxygens (including phenoxy) is 4. The Morgan fingerprint density at radius 2 is 1.64 bits per heavy atom. The number of hydrogen-bond donors (Lipinski definition) is 1. The summed E-state index contributed by atoms with van der Waals surface area (Å²) in [7, 11) is 0. The molecule has 0 heterocycles. The van der Waals surface area contributed by atoms with Gasteiger partial charge in [-0.2, -0.15) is 5.10 Å². The van der Waals surface area contributed by atoms with Crippen LogP contribution in [-0.2, 0) is 6.61 Å². The Kier molecular flexibility index (Phi) is 10.5. The Labute approximate surface area is 217 Å².